The summed E-state index contributed by atoms with van der Waals surface area (Å²) in [5.41, 5.74) is 2.21. The van der Waals surface area contributed by atoms with Crippen molar-refractivity contribution < 1.29 is 14.0 Å². The van der Waals surface area contributed by atoms with Gasteiger partial charge in [0.05, 0.1) is 5.02 Å². The molecule has 0 saturated carbocycles. The molecule has 1 N–H and O–H groups in total. The standard InChI is InChI=1S/C19H16ClN3O3/c1-10-9-21-16(22-12(3)25)8-14(10)19-23-17(11(2)24)18(26-19)13-6-4-5-7-15(13)20/h4-9H,1-3H3,(H,21,22,25). The van der Waals surface area contributed by atoms with E-state index in [1.165, 1.54) is 13.8 Å². The average Bonchev–Trinajstić information content (AvgIpc) is 3.01. The first-order valence-corrected chi connectivity index (χ1v) is 8.26. The molecule has 6 nitrogen and oxygen atoms in total. The van der Waals surface area contributed by atoms with Crippen molar-refractivity contribution in [2.24, 2.45) is 0 Å². The molecular formula is C19H16ClN3O3. The number of pyridine rings is 1. The number of aryl methyl sites for hydroxylation is 1. The van der Waals surface area contributed by atoms with Crippen molar-refractivity contribution in [1.29, 1.82) is 0 Å². The van der Waals surface area contributed by atoms with E-state index in [4.69, 9.17) is 16.0 Å². The average molecular weight is 370 g/mol. The SMILES string of the molecule is CC(=O)Nc1cc(-c2nc(C(C)=O)c(-c3ccccc3Cl)o2)c(C)cn1. The molecule has 26 heavy (non-hydrogen) atoms. The van der Waals surface area contributed by atoms with Crippen LogP contribution in [-0.2, 0) is 4.79 Å². The fraction of sp³-hybridized carbons (Fsp3) is 0.158. The molecule has 1 aromatic carbocycles. The fourth-order valence-corrected chi connectivity index (χ4v) is 2.73. The Morgan fingerprint density at radius 1 is 1.15 bits per heavy atom. The molecule has 0 bridgehead atoms. The number of rotatable bonds is 4. The van der Waals surface area contributed by atoms with Gasteiger partial charge in [0.25, 0.3) is 0 Å². The lowest BCUT2D eigenvalue weighted by Crippen LogP contribution is -2.07. The van der Waals surface area contributed by atoms with E-state index in [-0.39, 0.29) is 23.3 Å². The summed E-state index contributed by atoms with van der Waals surface area (Å²) in [6, 6.07) is 8.74. The van der Waals surface area contributed by atoms with Crippen LogP contribution in [0.4, 0.5) is 5.82 Å². The van der Waals surface area contributed by atoms with Crippen molar-refractivity contribution in [2.75, 3.05) is 5.32 Å². The molecule has 1 amide bonds. The van der Waals surface area contributed by atoms with E-state index >= 15 is 0 Å². The minimum Gasteiger partial charge on any atom is -0.435 e. The first-order valence-electron chi connectivity index (χ1n) is 7.88. The number of ketones is 1. The van der Waals surface area contributed by atoms with Gasteiger partial charge in [0.2, 0.25) is 11.8 Å². The number of nitrogens with zero attached hydrogens (tertiary/aromatic N) is 2. The Bertz CT molecular complexity index is 1010. The van der Waals surface area contributed by atoms with E-state index in [0.717, 1.165) is 5.56 Å². The predicted octanol–water partition coefficient (Wildman–Crippen LogP) is 4.53. The predicted molar refractivity (Wildman–Crippen MR) is 99.2 cm³/mol. The van der Waals surface area contributed by atoms with Gasteiger partial charge in [0, 0.05) is 31.2 Å². The van der Waals surface area contributed by atoms with Crippen LogP contribution in [0.5, 0.6) is 0 Å². The number of carbonyl (C=O) groups excluding carboxylic acids is 2. The first-order chi connectivity index (χ1) is 12.4. The molecule has 2 heterocycles. The van der Waals surface area contributed by atoms with Crippen LogP contribution >= 0.6 is 11.6 Å². The van der Waals surface area contributed by atoms with Crippen LogP contribution in [0.2, 0.25) is 5.02 Å². The molecule has 0 fully saturated rings. The number of aromatic nitrogens is 2. The van der Waals surface area contributed by atoms with Gasteiger partial charge in [-0.2, -0.15) is 0 Å². The summed E-state index contributed by atoms with van der Waals surface area (Å²) in [5, 5.41) is 3.08. The Kier molecular flexibility index (Phi) is 4.86. The van der Waals surface area contributed by atoms with Crippen molar-refractivity contribution >= 4 is 29.1 Å². The number of nitrogens with one attached hydrogen (secondary N) is 1. The molecule has 0 unspecified atom stereocenters. The lowest BCUT2D eigenvalue weighted by molar-refractivity contribution is -0.114. The quantitative estimate of drug-likeness (QED) is 0.683. The van der Waals surface area contributed by atoms with Crippen LogP contribution < -0.4 is 5.32 Å². The van der Waals surface area contributed by atoms with Crippen molar-refractivity contribution in [3.05, 3.63) is 52.8 Å². The molecule has 0 aliphatic carbocycles. The van der Waals surface area contributed by atoms with Gasteiger partial charge in [-0.1, -0.05) is 23.7 Å². The highest BCUT2D eigenvalue weighted by molar-refractivity contribution is 6.33. The smallest absolute Gasteiger partial charge is 0.227 e. The van der Waals surface area contributed by atoms with E-state index in [1.54, 1.807) is 36.5 Å². The molecule has 0 radical (unpaired) electrons. The lowest BCUT2D eigenvalue weighted by Gasteiger charge is -2.05. The summed E-state index contributed by atoms with van der Waals surface area (Å²) in [5.74, 6) is 0.483. The highest BCUT2D eigenvalue weighted by Crippen LogP contribution is 2.35. The molecular weight excluding hydrogens is 354 g/mol. The molecule has 3 aromatic rings. The summed E-state index contributed by atoms with van der Waals surface area (Å²) >= 11 is 6.25. The summed E-state index contributed by atoms with van der Waals surface area (Å²) in [7, 11) is 0. The van der Waals surface area contributed by atoms with Crippen LogP contribution in [0.1, 0.15) is 29.9 Å². The number of oxazole rings is 1. The van der Waals surface area contributed by atoms with Gasteiger partial charge in [-0.15, -0.1) is 0 Å². The third-order valence-electron chi connectivity index (χ3n) is 3.72. The van der Waals surface area contributed by atoms with E-state index in [2.05, 4.69) is 15.3 Å². The number of halogens is 1. The van der Waals surface area contributed by atoms with Crippen LogP contribution in [0.3, 0.4) is 0 Å². The Morgan fingerprint density at radius 2 is 1.88 bits per heavy atom. The molecule has 0 aliphatic heterocycles. The van der Waals surface area contributed by atoms with Gasteiger partial charge in [-0.25, -0.2) is 9.97 Å². The topological polar surface area (TPSA) is 85.1 Å². The maximum absolute atomic E-state index is 12.1. The first kappa shape index (κ1) is 17.8. The highest BCUT2D eigenvalue weighted by atomic mass is 35.5. The Morgan fingerprint density at radius 3 is 2.54 bits per heavy atom. The summed E-state index contributed by atoms with van der Waals surface area (Å²) < 4.78 is 5.91. The second kappa shape index (κ2) is 7.09. The number of hydrogen-bond acceptors (Lipinski definition) is 5. The number of carbonyl (C=O) groups is 2. The molecule has 0 saturated heterocycles. The van der Waals surface area contributed by atoms with Gasteiger partial charge in [0.1, 0.15) is 5.82 Å². The molecule has 7 heteroatoms. The second-order valence-corrected chi connectivity index (χ2v) is 6.21. The van der Waals surface area contributed by atoms with Gasteiger partial charge < -0.3 is 9.73 Å². The normalized spacial score (nSPS) is 10.6. The van der Waals surface area contributed by atoms with Crippen LogP contribution in [-0.4, -0.2) is 21.7 Å². The fourth-order valence-electron chi connectivity index (χ4n) is 2.50. The van der Waals surface area contributed by atoms with Crippen LogP contribution in [0.25, 0.3) is 22.8 Å². The Labute approximate surface area is 155 Å². The lowest BCUT2D eigenvalue weighted by atomic mass is 10.1. The van der Waals surface area contributed by atoms with Gasteiger partial charge in [-0.05, 0) is 30.7 Å². The third-order valence-corrected chi connectivity index (χ3v) is 4.05. The number of Topliss-reactive ketones (excluding diaryl/α,β-unsaturated/α-hetero) is 1. The largest absolute Gasteiger partial charge is 0.435 e. The molecule has 0 spiro atoms. The van der Waals surface area contributed by atoms with Gasteiger partial charge in [-0.3, -0.25) is 9.59 Å². The van der Waals surface area contributed by atoms with Crippen molar-refractivity contribution in [1.82, 2.24) is 9.97 Å². The molecule has 0 atom stereocenters. The van der Waals surface area contributed by atoms with Crippen LogP contribution in [0.15, 0.2) is 40.9 Å². The minimum atomic E-state index is -0.235. The Balaban J connectivity index is 2.16. The van der Waals surface area contributed by atoms with E-state index < -0.39 is 0 Å². The van der Waals surface area contributed by atoms with E-state index in [1.807, 2.05) is 6.92 Å². The summed E-state index contributed by atoms with van der Waals surface area (Å²) in [4.78, 5) is 31.8. The zero-order chi connectivity index (χ0) is 18.8. The highest BCUT2D eigenvalue weighted by Gasteiger charge is 2.22. The number of benzene rings is 1. The Hall–Kier alpha value is -2.99. The van der Waals surface area contributed by atoms with Crippen molar-refractivity contribution in [2.45, 2.75) is 20.8 Å². The maximum Gasteiger partial charge on any atom is 0.227 e. The van der Waals surface area contributed by atoms with Gasteiger partial charge >= 0.3 is 0 Å². The molecule has 2 aromatic heterocycles. The van der Waals surface area contributed by atoms with Crippen molar-refractivity contribution in [3.8, 4) is 22.8 Å². The van der Waals surface area contributed by atoms with Gasteiger partial charge in [0.15, 0.2) is 17.2 Å². The summed E-state index contributed by atoms with van der Waals surface area (Å²) in [6.07, 6.45) is 1.60. The molecule has 0 aliphatic rings. The maximum atomic E-state index is 12.1. The summed E-state index contributed by atoms with van der Waals surface area (Å²) in [6.45, 7) is 4.66. The second-order valence-electron chi connectivity index (χ2n) is 5.80. The number of amides is 1. The zero-order valence-corrected chi connectivity index (χ0v) is 15.2. The van der Waals surface area contributed by atoms with E-state index in [9.17, 15) is 9.59 Å². The monoisotopic (exact) mass is 369 g/mol. The zero-order valence-electron chi connectivity index (χ0n) is 14.5. The molecule has 132 valence electrons. The third kappa shape index (κ3) is 3.50. The van der Waals surface area contributed by atoms with Crippen molar-refractivity contribution in [3.63, 3.8) is 0 Å². The van der Waals surface area contributed by atoms with Crippen LogP contribution in [0, 0.1) is 6.92 Å². The number of hydrogen-bond donors (Lipinski definition) is 1. The van der Waals surface area contributed by atoms with E-state index in [0.29, 0.717) is 27.7 Å². The number of anilines is 1. The minimum absolute atomic E-state index is 0.199. The molecule has 3 rings (SSSR count).